The molecule has 0 aromatic rings. The molecular weight excluding hydrogens is 278 g/mol. The van der Waals surface area contributed by atoms with Gasteiger partial charge in [-0.1, -0.05) is 0 Å². The fourth-order valence-corrected chi connectivity index (χ4v) is 7.09. The summed E-state index contributed by atoms with van der Waals surface area (Å²) < 4.78 is 0.320. The van der Waals surface area contributed by atoms with Gasteiger partial charge in [0.1, 0.15) is 0 Å². The summed E-state index contributed by atoms with van der Waals surface area (Å²) in [7, 11) is 0. The smallest absolute Gasteiger partial charge is 0.334 e. The molecule has 0 bridgehead atoms. The topological polar surface area (TPSA) is 57.6 Å². The van der Waals surface area contributed by atoms with Gasteiger partial charge in [0, 0.05) is 17.7 Å². The zero-order valence-corrected chi connectivity index (χ0v) is 11.3. The van der Waals surface area contributed by atoms with Gasteiger partial charge in [0.15, 0.2) is 0 Å². The lowest BCUT2D eigenvalue weighted by Crippen LogP contribution is -2.52. The van der Waals surface area contributed by atoms with Gasteiger partial charge in [-0.25, -0.2) is 4.79 Å². The van der Waals surface area contributed by atoms with Crippen molar-refractivity contribution in [2.24, 2.45) is 0 Å². The summed E-state index contributed by atoms with van der Waals surface area (Å²) in [5, 5.41) is 9.42. The molecule has 1 N–H and O–H groups in total. The van der Waals surface area contributed by atoms with Crippen molar-refractivity contribution in [2.45, 2.75) is 21.6 Å². The minimum atomic E-state index is -0.895. The Morgan fingerprint density at radius 2 is 2.12 bits per heavy atom. The van der Waals surface area contributed by atoms with Gasteiger partial charge >= 0.3 is 5.97 Å². The van der Waals surface area contributed by atoms with E-state index in [0.29, 0.717) is 16.6 Å². The van der Waals surface area contributed by atoms with Crippen LogP contribution >= 0.6 is 35.3 Å². The Bertz CT molecular complexity index is 406. The summed E-state index contributed by atoms with van der Waals surface area (Å²) in [4.78, 5) is 24.2. The van der Waals surface area contributed by atoms with E-state index in [9.17, 15) is 14.7 Å². The monoisotopic (exact) mass is 289 g/mol. The van der Waals surface area contributed by atoms with Crippen LogP contribution in [-0.4, -0.2) is 48.6 Å². The summed E-state index contributed by atoms with van der Waals surface area (Å²) in [6, 6.07) is 0. The maximum atomic E-state index is 11.3. The third-order valence-electron chi connectivity index (χ3n) is 2.98. The third kappa shape index (κ3) is 1.98. The van der Waals surface area contributed by atoms with Crippen LogP contribution in [0.2, 0.25) is 0 Å². The maximum absolute atomic E-state index is 11.3. The molecule has 3 aliphatic rings. The lowest BCUT2D eigenvalue weighted by molar-refractivity contribution is -0.138. The van der Waals surface area contributed by atoms with Crippen LogP contribution in [-0.2, 0) is 9.59 Å². The third-order valence-corrected chi connectivity index (χ3v) is 8.01. The van der Waals surface area contributed by atoms with Crippen LogP contribution in [0.4, 0.5) is 0 Å². The Morgan fingerprint density at radius 3 is 2.71 bits per heavy atom. The van der Waals surface area contributed by atoms with E-state index >= 15 is 0 Å². The fourth-order valence-electron chi connectivity index (χ4n) is 2.08. The van der Waals surface area contributed by atoms with Gasteiger partial charge in [0.25, 0.3) is 0 Å². The van der Waals surface area contributed by atoms with Crippen molar-refractivity contribution >= 4 is 47.2 Å². The normalized spacial score (nSPS) is 33.1. The number of carboxylic acid groups (broad SMARTS) is 1. The number of carbonyl (C=O) groups is 2. The number of hydrogen-bond acceptors (Lipinski definition) is 5. The fraction of sp³-hybridized carbons (Fsp3) is 0.600. The molecule has 17 heavy (non-hydrogen) atoms. The Hall–Kier alpha value is -0.270. The van der Waals surface area contributed by atoms with Crippen LogP contribution in [0, 0.1) is 0 Å². The zero-order chi connectivity index (χ0) is 12.0. The maximum Gasteiger partial charge on any atom is 0.334 e. The molecule has 4 nitrogen and oxygen atoms in total. The first-order chi connectivity index (χ1) is 8.16. The van der Waals surface area contributed by atoms with Gasteiger partial charge < -0.3 is 10.0 Å². The Labute approximate surface area is 112 Å². The Balaban J connectivity index is 1.86. The van der Waals surface area contributed by atoms with Gasteiger partial charge in [0.2, 0.25) is 5.91 Å². The number of hydrogen-bond donors (Lipinski definition) is 1. The number of β-lactam (4-membered cyclic amide) rings is 1. The molecule has 0 saturated carbocycles. The van der Waals surface area contributed by atoms with Crippen molar-refractivity contribution < 1.29 is 14.7 Å². The summed E-state index contributed by atoms with van der Waals surface area (Å²) >= 11 is 5.30. The molecule has 1 unspecified atom stereocenters. The van der Waals surface area contributed by atoms with Crippen LogP contribution in [0.1, 0.15) is 6.42 Å². The zero-order valence-electron chi connectivity index (χ0n) is 8.87. The highest BCUT2D eigenvalue weighted by Crippen LogP contribution is 2.48. The predicted octanol–water partition coefficient (Wildman–Crippen LogP) is 1.43. The van der Waals surface area contributed by atoms with Gasteiger partial charge in [-0.15, -0.1) is 35.3 Å². The van der Waals surface area contributed by atoms with Gasteiger partial charge in [-0.2, -0.15) is 0 Å². The van der Waals surface area contributed by atoms with Crippen molar-refractivity contribution in [3.8, 4) is 0 Å². The molecular formula is C10H11NO3S3. The van der Waals surface area contributed by atoms with Crippen molar-refractivity contribution in [1.29, 1.82) is 0 Å². The second-order valence-electron chi connectivity index (χ2n) is 4.02. The first-order valence-electron chi connectivity index (χ1n) is 5.31. The molecule has 0 aromatic carbocycles. The number of carboxylic acids is 1. The first-order valence-corrected chi connectivity index (χ1v) is 8.35. The minimum Gasteiger partial charge on any atom is -0.478 e. The number of carbonyl (C=O) groups excluding carboxylic acids is 1. The van der Waals surface area contributed by atoms with E-state index < -0.39 is 5.97 Å². The first kappa shape index (κ1) is 11.8. The van der Waals surface area contributed by atoms with Crippen molar-refractivity contribution in [3.63, 3.8) is 0 Å². The van der Waals surface area contributed by atoms with E-state index in [1.165, 1.54) is 0 Å². The second-order valence-corrected chi connectivity index (χ2v) is 8.14. The summed E-state index contributed by atoms with van der Waals surface area (Å²) in [5.74, 6) is 1.32. The SMILES string of the molecule is O=C(O)C1=CN2C(=O)C[C@H]2SC1C1SCCS1. The molecule has 1 amide bonds. The summed E-state index contributed by atoms with van der Waals surface area (Å²) in [5.41, 5.74) is 0.381. The average molecular weight is 289 g/mol. The van der Waals surface area contributed by atoms with E-state index in [-0.39, 0.29) is 16.5 Å². The molecule has 92 valence electrons. The van der Waals surface area contributed by atoms with Gasteiger partial charge in [-0.05, 0) is 0 Å². The molecule has 0 aliphatic carbocycles. The van der Waals surface area contributed by atoms with Crippen molar-refractivity contribution in [1.82, 2.24) is 4.90 Å². The quantitative estimate of drug-likeness (QED) is 0.776. The standard InChI is InChI=1S/C10H11NO3S3/c12-6-3-7-11(6)4-5(9(13)14)8(17-7)10-15-1-2-16-10/h4,7-8,10H,1-3H2,(H,13,14)/t7-,8?/m1/s1. The Kier molecular flexibility index (Phi) is 3.08. The summed E-state index contributed by atoms with van der Waals surface area (Å²) in [6.45, 7) is 0. The highest BCUT2D eigenvalue weighted by molar-refractivity contribution is 8.21. The molecule has 0 spiro atoms. The molecule has 7 heteroatoms. The number of aliphatic carboxylic acids is 1. The molecule has 0 radical (unpaired) electrons. The molecule has 3 rings (SSSR count). The average Bonchev–Trinajstić information content (AvgIpc) is 2.79. The van der Waals surface area contributed by atoms with E-state index in [0.717, 1.165) is 11.5 Å². The molecule has 3 aliphatic heterocycles. The van der Waals surface area contributed by atoms with E-state index in [2.05, 4.69) is 0 Å². The van der Waals surface area contributed by atoms with Gasteiger partial charge in [0.05, 0.1) is 27.2 Å². The second kappa shape index (κ2) is 4.44. The highest BCUT2D eigenvalue weighted by atomic mass is 32.2. The number of nitrogens with zero attached hydrogens (tertiary/aromatic N) is 1. The lowest BCUT2D eigenvalue weighted by atomic mass is 10.1. The number of amides is 1. The van der Waals surface area contributed by atoms with Crippen LogP contribution in [0.15, 0.2) is 11.8 Å². The lowest BCUT2D eigenvalue weighted by Gasteiger charge is -2.44. The Morgan fingerprint density at radius 1 is 1.41 bits per heavy atom. The minimum absolute atomic E-state index is 0.0133. The molecule has 0 aromatic heterocycles. The predicted molar refractivity (Wildman–Crippen MR) is 71.1 cm³/mol. The molecule has 2 fully saturated rings. The molecule has 2 atom stereocenters. The van der Waals surface area contributed by atoms with Crippen LogP contribution in [0.5, 0.6) is 0 Å². The van der Waals surface area contributed by atoms with Crippen LogP contribution in [0.3, 0.4) is 0 Å². The van der Waals surface area contributed by atoms with Crippen LogP contribution < -0.4 is 0 Å². The van der Waals surface area contributed by atoms with Gasteiger partial charge in [-0.3, -0.25) is 4.79 Å². The molecule has 3 heterocycles. The van der Waals surface area contributed by atoms with E-state index in [4.69, 9.17) is 0 Å². The van der Waals surface area contributed by atoms with Crippen LogP contribution in [0.25, 0.3) is 0 Å². The number of thioether (sulfide) groups is 3. The van der Waals surface area contributed by atoms with Crippen molar-refractivity contribution in [2.75, 3.05) is 11.5 Å². The summed E-state index contributed by atoms with van der Waals surface area (Å²) in [6.07, 6.45) is 2.10. The van der Waals surface area contributed by atoms with Crippen molar-refractivity contribution in [3.05, 3.63) is 11.8 Å². The number of rotatable bonds is 2. The number of fused-ring (bicyclic) bond motifs is 1. The highest BCUT2D eigenvalue weighted by Gasteiger charge is 2.46. The van der Waals surface area contributed by atoms with E-state index in [1.807, 2.05) is 23.5 Å². The van der Waals surface area contributed by atoms with E-state index in [1.54, 1.807) is 22.9 Å². The molecule has 2 saturated heterocycles. The largest absolute Gasteiger partial charge is 0.478 e.